The Morgan fingerprint density at radius 3 is 2.55 bits per heavy atom. The zero-order valence-corrected chi connectivity index (χ0v) is 13.1. The molecule has 22 heavy (non-hydrogen) atoms. The van der Waals surface area contributed by atoms with Gasteiger partial charge >= 0.3 is 5.97 Å². The second kappa shape index (κ2) is 8.54. The van der Waals surface area contributed by atoms with Crippen LogP contribution in [0.1, 0.15) is 25.3 Å². The molecule has 1 aromatic carbocycles. The second-order valence-corrected chi connectivity index (χ2v) is 5.51. The topological polar surface area (TPSA) is 58.6 Å². The Kier molecular flexibility index (Phi) is 6.40. The molecule has 1 aliphatic heterocycles. The number of carbonyl (C=O) groups is 2. The Bertz CT molecular complexity index is 484. The van der Waals surface area contributed by atoms with Crippen LogP contribution >= 0.6 is 0 Å². The van der Waals surface area contributed by atoms with E-state index in [0.29, 0.717) is 13.2 Å². The van der Waals surface area contributed by atoms with Crippen molar-refractivity contribution in [2.75, 3.05) is 26.2 Å². The summed E-state index contributed by atoms with van der Waals surface area (Å²) >= 11 is 0. The molecule has 1 saturated heterocycles. The second-order valence-electron chi connectivity index (χ2n) is 5.51. The summed E-state index contributed by atoms with van der Waals surface area (Å²) in [6.45, 7) is 4.28. The first-order chi connectivity index (χ1) is 10.7. The summed E-state index contributed by atoms with van der Waals surface area (Å²) in [6, 6.07) is 9.75. The normalized spacial score (nSPS) is 15.3. The van der Waals surface area contributed by atoms with Crippen molar-refractivity contribution in [1.82, 2.24) is 10.2 Å². The van der Waals surface area contributed by atoms with Crippen molar-refractivity contribution in [3.8, 4) is 0 Å². The maximum Gasteiger partial charge on any atom is 0.325 e. The molecule has 1 aliphatic rings. The Morgan fingerprint density at radius 2 is 1.91 bits per heavy atom. The number of nitrogens with one attached hydrogen (secondary N) is 1. The van der Waals surface area contributed by atoms with Gasteiger partial charge in [-0.2, -0.15) is 0 Å². The lowest BCUT2D eigenvalue weighted by Crippen LogP contribution is -2.43. The largest absolute Gasteiger partial charge is 0.465 e. The van der Waals surface area contributed by atoms with Crippen LogP contribution in [0.25, 0.3) is 0 Å². The first-order valence-electron chi connectivity index (χ1n) is 7.89. The van der Waals surface area contributed by atoms with Gasteiger partial charge in [-0.25, -0.2) is 0 Å². The predicted molar refractivity (Wildman–Crippen MR) is 84.1 cm³/mol. The van der Waals surface area contributed by atoms with Crippen LogP contribution in [0.5, 0.6) is 0 Å². The molecule has 0 saturated carbocycles. The first-order valence-corrected chi connectivity index (χ1v) is 7.89. The Balaban J connectivity index is 2.05. The van der Waals surface area contributed by atoms with Gasteiger partial charge in [0, 0.05) is 12.5 Å². The van der Waals surface area contributed by atoms with Crippen molar-refractivity contribution >= 4 is 11.9 Å². The van der Waals surface area contributed by atoms with Crippen molar-refractivity contribution in [2.45, 2.75) is 26.3 Å². The van der Waals surface area contributed by atoms with Crippen molar-refractivity contribution < 1.29 is 14.3 Å². The number of benzene rings is 1. The summed E-state index contributed by atoms with van der Waals surface area (Å²) in [6.07, 6.45) is 1.65. The monoisotopic (exact) mass is 304 g/mol. The number of nitrogens with zero attached hydrogens (tertiary/aromatic N) is 1. The van der Waals surface area contributed by atoms with E-state index in [1.807, 2.05) is 30.3 Å². The Morgan fingerprint density at radius 1 is 1.23 bits per heavy atom. The quantitative estimate of drug-likeness (QED) is 0.811. The van der Waals surface area contributed by atoms with Gasteiger partial charge in [-0.1, -0.05) is 30.3 Å². The van der Waals surface area contributed by atoms with Gasteiger partial charge in [-0.05, 0) is 38.4 Å². The molecular weight excluding hydrogens is 280 g/mol. The van der Waals surface area contributed by atoms with Gasteiger partial charge < -0.3 is 15.0 Å². The lowest BCUT2D eigenvalue weighted by Gasteiger charge is -2.29. The number of hydrogen-bond donors (Lipinski definition) is 1. The van der Waals surface area contributed by atoms with E-state index in [1.54, 1.807) is 11.8 Å². The zero-order valence-electron chi connectivity index (χ0n) is 13.1. The average molecular weight is 304 g/mol. The highest BCUT2D eigenvalue weighted by Gasteiger charge is 2.27. The molecule has 0 bridgehead atoms. The summed E-state index contributed by atoms with van der Waals surface area (Å²) in [4.78, 5) is 26.2. The smallest absolute Gasteiger partial charge is 0.325 e. The summed E-state index contributed by atoms with van der Waals surface area (Å²) in [5.74, 6) is -0.293. The van der Waals surface area contributed by atoms with E-state index in [4.69, 9.17) is 4.74 Å². The number of piperidine rings is 1. The molecule has 5 nitrogen and oxygen atoms in total. The van der Waals surface area contributed by atoms with E-state index < -0.39 is 0 Å². The third-order valence-corrected chi connectivity index (χ3v) is 3.84. The minimum absolute atomic E-state index is 0.000566. The molecule has 120 valence electrons. The highest BCUT2D eigenvalue weighted by Crippen LogP contribution is 2.17. The molecule has 0 aliphatic carbocycles. The van der Waals surface area contributed by atoms with Crippen molar-refractivity contribution in [3.05, 3.63) is 35.9 Å². The predicted octanol–water partition coefficient (Wildman–Crippen LogP) is 1.58. The molecular formula is C17H24N2O3. The molecule has 1 heterocycles. The fourth-order valence-electron chi connectivity index (χ4n) is 2.71. The minimum atomic E-state index is -0.347. The van der Waals surface area contributed by atoms with Gasteiger partial charge in [0.05, 0.1) is 6.61 Å². The molecule has 2 rings (SSSR count). The fourth-order valence-corrected chi connectivity index (χ4v) is 2.71. The molecule has 0 spiro atoms. The summed E-state index contributed by atoms with van der Waals surface area (Å²) in [5, 5.41) is 3.26. The van der Waals surface area contributed by atoms with Crippen LogP contribution < -0.4 is 5.32 Å². The first kappa shape index (κ1) is 16.5. The molecule has 1 aromatic rings. The Labute approximate surface area is 131 Å². The molecule has 1 N–H and O–H groups in total. The van der Waals surface area contributed by atoms with Crippen molar-refractivity contribution in [3.63, 3.8) is 0 Å². The van der Waals surface area contributed by atoms with Crippen LogP contribution in [0.15, 0.2) is 30.3 Å². The van der Waals surface area contributed by atoms with Gasteiger partial charge in [0.15, 0.2) is 0 Å². The number of esters is 1. The lowest BCUT2D eigenvalue weighted by atomic mass is 9.96. The molecule has 0 aromatic heterocycles. The fraction of sp³-hybridized carbons (Fsp3) is 0.529. The van der Waals surface area contributed by atoms with Gasteiger partial charge in [0.25, 0.3) is 0 Å². The van der Waals surface area contributed by atoms with Crippen LogP contribution in [-0.2, 0) is 20.9 Å². The van der Waals surface area contributed by atoms with E-state index in [9.17, 15) is 9.59 Å². The van der Waals surface area contributed by atoms with E-state index in [0.717, 1.165) is 31.5 Å². The highest BCUT2D eigenvalue weighted by molar-refractivity contribution is 5.83. The van der Waals surface area contributed by atoms with E-state index in [2.05, 4.69) is 5.32 Å². The van der Waals surface area contributed by atoms with Gasteiger partial charge in [-0.3, -0.25) is 9.59 Å². The number of rotatable bonds is 6. The summed E-state index contributed by atoms with van der Waals surface area (Å²) in [5.41, 5.74) is 1.02. The van der Waals surface area contributed by atoms with Crippen LogP contribution in [0.3, 0.4) is 0 Å². The third-order valence-electron chi connectivity index (χ3n) is 3.84. The van der Waals surface area contributed by atoms with E-state index in [-0.39, 0.29) is 24.3 Å². The zero-order chi connectivity index (χ0) is 15.8. The standard InChI is InChI=1S/C17H24N2O3/c1-2-22-16(20)13-19(12-14-6-4-3-5-7-14)17(21)15-8-10-18-11-9-15/h3-7,15,18H,2,8-13H2,1H3. The molecule has 1 fully saturated rings. The number of ether oxygens (including phenoxy) is 1. The number of hydrogen-bond acceptors (Lipinski definition) is 4. The maximum atomic E-state index is 12.7. The molecule has 0 unspecified atom stereocenters. The maximum absolute atomic E-state index is 12.7. The third kappa shape index (κ3) is 4.84. The SMILES string of the molecule is CCOC(=O)CN(Cc1ccccc1)C(=O)C1CCNCC1. The van der Waals surface area contributed by atoms with Gasteiger partial charge in [-0.15, -0.1) is 0 Å². The number of carbonyl (C=O) groups excluding carboxylic acids is 2. The summed E-state index contributed by atoms with van der Waals surface area (Å²) in [7, 11) is 0. The Hall–Kier alpha value is -1.88. The molecule has 1 amide bonds. The van der Waals surface area contributed by atoms with Crippen molar-refractivity contribution in [1.29, 1.82) is 0 Å². The molecule has 0 atom stereocenters. The highest BCUT2D eigenvalue weighted by atomic mass is 16.5. The molecule has 0 radical (unpaired) electrons. The van der Waals surface area contributed by atoms with Crippen molar-refractivity contribution in [2.24, 2.45) is 5.92 Å². The van der Waals surface area contributed by atoms with E-state index in [1.165, 1.54) is 0 Å². The molecule has 5 heteroatoms. The van der Waals surface area contributed by atoms with Crippen LogP contribution in [0.4, 0.5) is 0 Å². The van der Waals surface area contributed by atoms with E-state index >= 15 is 0 Å². The summed E-state index contributed by atoms with van der Waals surface area (Å²) < 4.78 is 5.00. The van der Waals surface area contributed by atoms with Crippen LogP contribution in [-0.4, -0.2) is 43.0 Å². The average Bonchev–Trinajstić information content (AvgIpc) is 2.55. The minimum Gasteiger partial charge on any atom is -0.465 e. The van der Waals surface area contributed by atoms with Crippen LogP contribution in [0, 0.1) is 5.92 Å². The lowest BCUT2D eigenvalue weighted by molar-refractivity contribution is -0.151. The number of amides is 1. The van der Waals surface area contributed by atoms with Gasteiger partial charge in [0.1, 0.15) is 6.54 Å². The van der Waals surface area contributed by atoms with Gasteiger partial charge in [0.2, 0.25) is 5.91 Å². The van der Waals surface area contributed by atoms with Crippen LogP contribution in [0.2, 0.25) is 0 Å².